The van der Waals surface area contributed by atoms with Crippen LogP contribution in [0.4, 0.5) is 5.69 Å². The van der Waals surface area contributed by atoms with Crippen molar-refractivity contribution in [2.24, 2.45) is 0 Å². The van der Waals surface area contributed by atoms with E-state index in [1.165, 1.54) is 0 Å². The molecule has 4 N–H and O–H groups in total. The number of carboxylic acids is 1. The number of anilines is 1. The highest BCUT2D eigenvalue weighted by Gasteiger charge is 2.26. The predicted octanol–water partition coefficient (Wildman–Crippen LogP) is 1.13. The molecule has 1 heterocycles. The third-order valence-electron chi connectivity index (χ3n) is 2.51. The Morgan fingerprint density at radius 3 is 2.59 bits per heavy atom. The average molecular weight is 235 g/mol. The minimum absolute atomic E-state index is 0.283. The molecule has 0 unspecified atom stereocenters. The van der Waals surface area contributed by atoms with E-state index < -0.39 is 11.5 Å². The molecule has 0 aliphatic heterocycles. The lowest BCUT2D eigenvalue weighted by Crippen LogP contribution is -2.39. The average Bonchev–Trinajstić information content (AvgIpc) is 2.56. The molecule has 0 spiro atoms. The first-order valence-corrected chi connectivity index (χ1v) is 5.12. The van der Waals surface area contributed by atoms with Gasteiger partial charge in [-0.25, -0.2) is 9.59 Å². The van der Waals surface area contributed by atoms with Crippen LogP contribution in [0.5, 0.6) is 0 Å². The van der Waals surface area contributed by atoms with Gasteiger partial charge in [0.05, 0.1) is 11.0 Å². The summed E-state index contributed by atoms with van der Waals surface area (Å²) in [6, 6.07) is 5.13. The number of aromatic nitrogens is 2. The van der Waals surface area contributed by atoms with Crippen molar-refractivity contribution in [3.63, 3.8) is 0 Å². The Hall–Kier alpha value is -2.24. The zero-order valence-electron chi connectivity index (χ0n) is 9.50. The smallest absolute Gasteiger partial charge is 0.328 e. The molecule has 90 valence electrons. The van der Waals surface area contributed by atoms with Gasteiger partial charge >= 0.3 is 11.7 Å². The number of benzene rings is 1. The molecule has 2 aromatic rings. The predicted molar refractivity (Wildman–Crippen MR) is 64.3 cm³/mol. The number of aromatic amines is 2. The van der Waals surface area contributed by atoms with E-state index in [-0.39, 0.29) is 5.69 Å². The zero-order chi connectivity index (χ0) is 12.6. The molecular weight excluding hydrogens is 222 g/mol. The second-order valence-corrected chi connectivity index (χ2v) is 4.39. The molecule has 0 amide bonds. The third-order valence-corrected chi connectivity index (χ3v) is 2.51. The SMILES string of the molecule is CC(C)(Nc1ccc2[nH]c(=O)[nH]c2c1)C(=O)O. The van der Waals surface area contributed by atoms with Crippen molar-refractivity contribution >= 4 is 22.7 Å². The van der Waals surface area contributed by atoms with Crippen molar-refractivity contribution in [1.82, 2.24) is 9.97 Å². The van der Waals surface area contributed by atoms with E-state index >= 15 is 0 Å². The number of hydrogen-bond acceptors (Lipinski definition) is 3. The van der Waals surface area contributed by atoms with Crippen molar-refractivity contribution in [1.29, 1.82) is 0 Å². The van der Waals surface area contributed by atoms with Gasteiger partial charge in [-0.2, -0.15) is 0 Å². The molecule has 1 aromatic carbocycles. The van der Waals surface area contributed by atoms with Crippen molar-refractivity contribution in [2.45, 2.75) is 19.4 Å². The van der Waals surface area contributed by atoms with Gasteiger partial charge in [0.25, 0.3) is 0 Å². The summed E-state index contributed by atoms with van der Waals surface area (Å²) in [4.78, 5) is 27.3. The van der Waals surface area contributed by atoms with Crippen LogP contribution in [0.1, 0.15) is 13.8 Å². The molecular formula is C11H13N3O3. The number of aliphatic carboxylic acids is 1. The minimum atomic E-state index is -1.07. The summed E-state index contributed by atoms with van der Waals surface area (Å²) in [5, 5.41) is 11.9. The number of fused-ring (bicyclic) bond motifs is 1. The lowest BCUT2D eigenvalue weighted by molar-refractivity contribution is -0.141. The largest absolute Gasteiger partial charge is 0.480 e. The summed E-state index contributed by atoms with van der Waals surface area (Å²) in [5.74, 6) is -0.944. The minimum Gasteiger partial charge on any atom is -0.480 e. The molecule has 0 aliphatic rings. The second-order valence-electron chi connectivity index (χ2n) is 4.39. The summed E-state index contributed by atoms with van der Waals surface area (Å²) >= 11 is 0. The van der Waals surface area contributed by atoms with E-state index in [9.17, 15) is 9.59 Å². The van der Waals surface area contributed by atoms with Crippen LogP contribution in [0.3, 0.4) is 0 Å². The van der Waals surface area contributed by atoms with Crippen LogP contribution >= 0.6 is 0 Å². The lowest BCUT2D eigenvalue weighted by Gasteiger charge is -2.22. The maximum absolute atomic E-state index is 11.1. The van der Waals surface area contributed by atoms with Gasteiger partial charge in [-0.1, -0.05) is 0 Å². The quantitative estimate of drug-likeness (QED) is 0.641. The van der Waals surface area contributed by atoms with Crippen LogP contribution in [0.25, 0.3) is 11.0 Å². The Balaban J connectivity index is 2.37. The molecule has 0 radical (unpaired) electrons. The highest BCUT2D eigenvalue weighted by atomic mass is 16.4. The highest BCUT2D eigenvalue weighted by Crippen LogP contribution is 2.19. The first kappa shape index (κ1) is 11.3. The molecule has 0 atom stereocenters. The molecule has 0 aliphatic carbocycles. The topological polar surface area (TPSA) is 98.0 Å². The van der Waals surface area contributed by atoms with E-state index in [2.05, 4.69) is 15.3 Å². The van der Waals surface area contributed by atoms with Gasteiger partial charge in [-0.15, -0.1) is 0 Å². The maximum atomic E-state index is 11.1. The molecule has 6 heteroatoms. The lowest BCUT2D eigenvalue weighted by atomic mass is 10.1. The molecule has 0 fully saturated rings. The van der Waals surface area contributed by atoms with E-state index in [1.54, 1.807) is 32.0 Å². The Kier molecular flexibility index (Phi) is 2.42. The summed E-state index contributed by atoms with van der Waals surface area (Å²) in [6.07, 6.45) is 0. The maximum Gasteiger partial charge on any atom is 0.328 e. The summed E-state index contributed by atoms with van der Waals surface area (Å²) < 4.78 is 0. The Bertz CT molecular complexity index is 624. The van der Waals surface area contributed by atoms with Crippen LogP contribution in [0, 0.1) is 0 Å². The normalized spacial score (nSPS) is 11.6. The van der Waals surface area contributed by atoms with Gasteiger partial charge in [-0.05, 0) is 32.0 Å². The number of H-pyrrole nitrogens is 2. The Morgan fingerprint density at radius 2 is 1.94 bits per heavy atom. The van der Waals surface area contributed by atoms with Crippen molar-refractivity contribution in [3.8, 4) is 0 Å². The molecule has 0 bridgehead atoms. The molecule has 2 rings (SSSR count). The summed E-state index contributed by atoms with van der Waals surface area (Å²) in [6.45, 7) is 3.14. The molecule has 6 nitrogen and oxygen atoms in total. The fourth-order valence-electron chi connectivity index (χ4n) is 1.52. The fourth-order valence-corrected chi connectivity index (χ4v) is 1.52. The van der Waals surface area contributed by atoms with Crippen molar-refractivity contribution in [2.75, 3.05) is 5.32 Å². The van der Waals surface area contributed by atoms with Gasteiger partial charge in [0.2, 0.25) is 0 Å². The van der Waals surface area contributed by atoms with E-state index in [4.69, 9.17) is 5.11 Å². The summed E-state index contributed by atoms with van der Waals surface area (Å²) in [5.41, 5.74) is 0.620. The van der Waals surface area contributed by atoms with E-state index in [1.807, 2.05) is 0 Å². The first-order chi connectivity index (χ1) is 7.88. The standard InChI is InChI=1S/C11H13N3O3/c1-11(2,9(15)16)14-6-3-4-7-8(5-6)13-10(17)12-7/h3-5,14H,1-2H3,(H,15,16)(H2,12,13,17). The van der Waals surface area contributed by atoms with Gasteiger partial charge in [0.1, 0.15) is 5.54 Å². The number of hydrogen-bond donors (Lipinski definition) is 4. The second kappa shape index (κ2) is 3.65. The van der Waals surface area contributed by atoms with Gasteiger partial charge in [-0.3, -0.25) is 0 Å². The Labute approximate surface area is 96.7 Å². The van der Waals surface area contributed by atoms with Crippen LogP contribution < -0.4 is 11.0 Å². The Morgan fingerprint density at radius 1 is 1.29 bits per heavy atom. The molecule has 0 saturated heterocycles. The monoisotopic (exact) mass is 235 g/mol. The molecule has 1 aromatic heterocycles. The van der Waals surface area contributed by atoms with Gasteiger partial charge < -0.3 is 20.4 Å². The third kappa shape index (κ3) is 2.15. The number of imidazole rings is 1. The number of carbonyl (C=O) groups is 1. The first-order valence-electron chi connectivity index (χ1n) is 5.12. The number of nitrogens with one attached hydrogen (secondary N) is 3. The van der Waals surface area contributed by atoms with Crippen LogP contribution in [0.2, 0.25) is 0 Å². The number of carboxylic acid groups (broad SMARTS) is 1. The van der Waals surface area contributed by atoms with Crippen LogP contribution in [-0.2, 0) is 4.79 Å². The highest BCUT2D eigenvalue weighted by molar-refractivity contribution is 5.84. The van der Waals surface area contributed by atoms with Gasteiger partial charge in [0, 0.05) is 5.69 Å². The molecule has 17 heavy (non-hydrogen) atoms. The van der Waals surface area contributed by atoms with Crippen molar-refractivity contribution < 1.29 is 9.90 Å². The molecule has 0 saturated carbocycles. The zero-order valence-corrected chi connectivity index (χ0v) is 9.50. The van der Waals surface area contributed by atoms with E-state index in [0.717, 1.165) is 0 Å². The van der Waals surface area contributed by atoms with Crippen molar-refractivity contribution in [3.05, 3.63) is 28.7 Å². The van der Waals surface area contributed by atoms with E-state index in [0.29, 0.717) is 16.7 Å². The fraction of sp³-hybridized carbons (Fsp3) is 0.273. The van der Waals surface area contributed by atoms with Gasteiger partial charge in [0.15, 0.2) is 0 Å². The van der Waals surface area contributed by atoms with Crippen LogP contribution in [-0.4, -0.2) is 26.6 Å². The summed E-state index contributed by atoms with van der Waals surface area (Å²) in [7, 11) is 0. The number of rotatable bonds is 3. The van der Waals surface area contributed by atoms with Crippen LogP contribution in [0.15, 0.2) is 23.0 Å².